The highest BCUT2D eigenvalue weighted by molar-refractivity contribution is 5.88. The van der Waals surface area contributed by atoms with Crippen LogP contribution in [0.1, 0.15) is 10.4 Å². The zero-order chi connectivity index (χ0) is 18.8. The predicted molar refractivity (Wildman–Crippen MR) is 97.1 cm³/mol. The first kappa shape index (κ1) is 16.4. The lowest BCUT2D eigenvalue weighted by atomic mass is 10.2. The number of hydrogen-bond acceptors (Lipinski definition) is 5. The van der Waals surface area contributed by atoms with Crippen molar-refractivity contribution >= 4 is 5.97 Å². The number of carboxylic acids is 1. The number of aromatic nitrogens is 5. The molecule has 0 spiro atoms. The maximum absolute atomic E-state index is 12.4. The summed E-state index contributed by atoms with van der Waals surface area (Å²) in [5.41, 5.74) is 1.81. The number of pyridine rings is 1. The van der Waals surface area contributed by atoms with Gasteiger partial charge in [-0.15, -0.1) is 0 Å². The summed E-state index contributed by atoms with van der Waals surface area (Å²) in [7, 11) is 0. The lowest BCUT2D eigenvalue weighted by Gasteiger charge is -2.10. The summed E-state index contributed by atoms with van der Waals surface area (Å²) in [5, 5.41) is 17.9. The van der Waals surface area contributed by atoms with Crippen molar-refractivity contribution in [2.24, 2.45) is 0 Å². The highest BCUT2D eigenvalue weighted by Gasteiger charge is 2.14. The summed E-state index contributed by atoms with van der Waals surface area (Å²) in [4.78, 5) is 27.6. The predicted octanol–water partition coefficient (Wildman–Crippen LogP) is 2.18. The molecule has 0 atom stereocenters. The zero-order valence-electron chi connectivity index (χ0n) is 13.9. The van der Waals surface area contributed by atoms with Gasteiger partial charge in [-0.2, -0.15) is 10.2 Å². The number of rotatable bonds is 4. The molecule has 4 aromatic rings. The van der Waals surface area contributed by atoms with Crippen LogP contribution >= 0.6 is 0 Å². The van der Waals surface area contributed by atoms with Gasteiger partial charge >= 0.3 is 5.97 Å². The number of hydrogen-bond donors (Lipinski definition) is 1. The van der Waals surface area contributed by atoms with Crippen molar-refractivity contribution in [3.8, 4) is 22.8 Å². The Labute approximate surface area is 153 Å². The van der Waals surface area contributed by atoms with E-state index in [4.69, 9.17) is 0 Å². The van der Waals surface area contributed by atoms with Crippen molar-refractivity contribution in [3.63, 3.8) is 0 Å². The molecule has 0 bridgehead atoms. The van der Waals surface area contributed by atoms with E-state index < -0.39 is 5.97 Å². The van der Waals surface area contributed by atoms with E-state index in [0.29, 0.717) is 11.4 Å². The number of carbonyl (C=O) groups is 1. The van der Waals surface area contributed by atoms with Crippen LogP contribution in [-0.2, 0) is 0 Å². The van der Waals surface area contributed by atoms with Gasteiger partial charge in [0.15, 0.2) is 5.69 Å². The standard InChI is InChI=1S/C19H13N5O3/c25-17-7-11-23(14-4-8-20-9-5-14)22-18(17)16-6-10-21-24(16)15-3-1-2-13(12-15)19(26)27/h1-12H,(H,26,27). The quantitative estimate of drug-likeness (QED) is 0.599. The van der Waals surface area contributed by atoms with E-state index >= 15 is 0 Å². The maximum atomic E-state index is 12.4. The van der Waals surface area contributed by atoms with E-state index in [1.54, 1.807) is 53.6 Å². The molecule has 0 fully saturated rings. The third-order valence-electron chi connectivity index (χ3n) is 3.96. The monoisotopic (exact) mass is 359 g/mol. The van der Waals surface area contributed by atoms with Crippen LogP contribution in [0, 0.1) is 0 Å². The first-order valence-corrected chi connectivity index (χ1v) is 8.02. The number of aromatic carboxylic acids is 1. The molecule has 0 unspecified atom stereocenters. The molecular weight excluding hydrogens is 346 g/mol. The lowest BCUT2D eigenvalue weighted by molar-refractivity contribution is 0.0697. The topological polar surface area (TPSA) is 103 Å². The summed E-state index contributed by atoms with van der Waals surface area (Å²) in [6, 6.07) is 13.0. The van der Waals surface area contributed by atoms with Gasteiger partial charge in [-0.05, 0) is 36.4 Å². The minimum Gasteiger partial charge on any atom is -0.478 e. The van der Waals surface area contributed by atoms with Gasteiger partial charge in [-0.1, -0.05) is 6.07 Å². The lowest BCUT2D eigenvalue weighted by Crippen LogP contribution is -2.15. The molecule has 27 heavy (non-hydrogen) atoms. The Hall–Kier alpha value is -4.07. The number of carboxylic acid groups (broad SMARTS) is 1. The van der Waals surface area contributed by atoms with E-state index in [0.717, 1.165) is 5.69 Å². The second kappa shape index (κ2) is 6.68. The SMILES string of the molecule is O=C(O)c1cccc(-n2nccc2-c2nn(-c3ccncc3)ccc2=O)c1. The summed E-state index contributed by atoms with van der Waals surface area (Å²) in [6.07, 6.45) is 6.38. The summed E-state index contributed by atoms with van der Waals surface area (Å²) in [5.74, 6) is -1.04. The smallest absolute Gasteiger partial charge is 0.335 e. The second-order valence-electron chi connectivity index (χ2n) is 5.66. The fourth-order valence-electron chi connectivity index (χ4n) is 2.68. The van der Waals surface area contributed by atoms with Crippen molar-refractivity contribution in [3.05, 3.63) is 89.1 Å². The average Bonchev–Trinajstić information content (AvgIpc) is 3.19. The Kier molecular flexibility index (Phi) is 4.06. The molecule has 0 saturated heterocycles. The second-order valence-corrected chi connectivity index (χ2v) is 5.66. The highest BCUT2D eigenvalue weighted by atomic mass is 16.4. The van der Waals surface area contributed by atoms with E-state index in [1.165, 1.54) is 29.1 Å². The summed E-state index contributed by atoms with van der Waals surface area (Å²) in [6.45, 7) is 0. The molecule has 132 valence electrons. The molecule has 1 aromatic carbocycles. The minimum absolute atomic E-state index is 0.129. The number of benzene rings is 1. The van der Waals surface area contributed by atoms with Crippen LogP contribution in [0.15, 0.2) is 78.1 Å². The van der Waals surface area contributed by atoms with Crippen LogP contribution in [-0.4, -0.2) is 35.6 Å². The minimum atomic E-state index is -1.04. The van der Waals surface area contributed by atoms with Gasteiger partial charge in [0, 0.05) is 24.7 Å². The first-order chi connectivity index (χ1) is 13.1. The normalized spacial score (nSPS) is 10.7. The zero-order valence-corrected chi connectivity index (χ0v) is 13.9. The average molecular weight is 359 g/mol. The Morgan fingerprint density at radius 1 is 0.963 bits per heavy atom. The fraction of sp³-hybridized carbons (Fsp3) is 0. The molecule has 1 N–H and O–H groups in total. The maximum Gasteiger partial charge on any atom is 0.335 e. The van der Waals surface area contributed by atoms with E-state index in [2.05, 4.69) is 15.2 Å². The van der Waals surface area contributed by atoms with Gasteiger partial charge in [-0.25, -0.2) is 14.2 Å². The molecule has 0 aliphatic carbocycles. The van der Waals surface area contributed by atoms with Crippen LogP contribution < -0.4 is 5.43 Å². The van der Waals surface area contributed by atoms with Gasteiger partial charge in [0.05, 0.1) is 28.8 Å². The van der Waals surface area contributed by atoms with Gasteiger partial charge in [-0.3, -0.25) is 9.78 Å². The number of nitrogens with zero attached hydrogens (tertiary/aromatic N) is 5. The third-order valence-corrected chi connectivity index (χ3v) is 3.96. The molecule has 0 saturated carbocycles. The molecule has 3 aromatic heterocycles. The highest BCUT2D eigenvalue weighted by Crippen LogP contribution is 2.19. The van der Waals surface area contributed by atoms with E-state index in [-0.39, 0.29) is 16.7 Å². The van der Waals surface area contributed by atoms with Crippen molar-refractivity contribution < 1.29 is 9.90 Å². The molecule has 0 amide bonds. The van der Waals surface area contributed by atoms with Crippen LogP contribution in [0.2, 0.25) is 0 Å². The Morgan fingerprint density at radius 2 is 1.78 bits per heavy atom. The Morgan fingerprint density at radius 3 is 2.56 bits per heavy atom. The molecule has 0 aliphatic rings. The van der Waals surface area contributed by atoms with Crippen LogP contribution in [0.3, 0.4) is 0 Å². The van der Waals surface area contributed by atoms with E-state index in [1.807, 2.05) is 0 Å². The Bertz CT molecular complexity index is 1180. The van der Waals surface area contributed by atoms with E-state index in [9.17, 15) is 14.7 Å². The molecule has 8 nitrogen and oxygen atoms in total. The molecule has 0 aliphatic heterocycles. The van der Waals surface area contributed by atoms with Gasteiger partial charge < -0.3 is 5.11 Å². The molecule has 0 radical (unpaired) electrons. The third kappa shape index (κ3) is 3.11. The van der Waals surface area contributed by atoms with Crippen LogP contribution in [0.4, 0.5) is 0 Å². The van der Waals surface area contributed by atoms with Crippen molar-refractivity contribution in [2.45, 2.75) is 0 Å². The molecular formula is C19H13N5O3. The van der Waals surface area contributed by atoms with Crippen molar-refractivity contribution in [1.29, 1.82) is 0 Å². The van der Waals surface area contributed by atoms with Crippen LogP contribution in [0.5, 0.6) is 0 Å². The van der Waals surface area contributed by atoms with Crippen molar-refractivity contribution in [2.75, 3.05) is 0 Å². The molecule has 3 heterocycles. The largest absolute Gasteiger partial charge is 0.478 e. The van der Waals surface area contributed by atoms with Crippen molar-refractivity contribution in [1.82, 2.24) is 24.5 Å². The van der Waals surface area contributed by atoms with Gasteiger partial charge in [0.2, 0.25) is 5.43 Å². The van der Waals surface area contributed by atoms with Gasteiger partial charge in [0.1, 0.15) is 0 Å². The summed E-state index contributed by atoms with van der Waals surface area (Å²) >= 11 is 0. The molecule has 8 heteroatoms. The fourth-order valence-corrected chi connectivity index (χ4v) is 2.68. The van der Waals surface area contributed by atoms with Gasteiger partial charge in [0.25, 0.3) is 0 Å². The Balaban J connectivity index is 1.85. The first-order valence-electron chi connectivity index (χ1n) is 8.02. The van der Waals surface area contributed by atoms with Crippen LogP contribution in [0.25, 0.3) is 22.8 Å². The summed E-state index contributed by atoms with van der Waals surface area (Å²) < 4.78 is 3.07. The molecule has 4 rings (SSSR count).